The number of nitrogens with two attached hydrogens (primary N) is 3. The molecule has 12 heteroatoms. The largest absolute Gasteiger partial charge is 0.480 e. The van der Waals surface area contributed by atoms with Gasteiger partial charge in [0.2, 0.25) is 5.79 Å². The number of carboxylic acids is 1. The van der Waals surface area contributed by atoms with Crippen LogP contribution in [-0.4, -0.2) is 92.5 Å². The lowest BCUT2D eigenvalue weighted by atomic mass is 10.1. The molecule has 1 saturated heterocycles. The Balaban J connectivity index is 0.000000441. The summed E-state index contributed by atoms with van der Waals surface area (Å²) in [6.45, 7) is -0.939. The first-order valence-corrected chi connectivity index (χ1v) is 7.10. The van der Waals surface area contributed by atoms with Crippen LogP contribution in [0.25, 0.3) is 0 Å². The molecule has 24 heavy (non-hydrogen) atoms. The van der Waals surface area contributed by atoms with Crippen LogP contribution in [0.15, 0.2) is 4.99 Å². The Labute approximate surface area is 138 Å². The lowest BCUT2D eigenvalue weighted by Crippen LogP contribution is -2.46. The Morgan fingerprint density at radius 2 is 1.88 bits per heavy atom. The van der Waals surface area contributed by atoms with Crippen molar-refractivity contribution in [2.45, 2.75) is 43.0 Å². The van der Waals surface area contributed by atoms with Gasteiger partial charge in [0.05, 0.1) is 13.2 Å². The molecule has 0 radical (unpaired) electrons. The molecule has 0 saturated carbocycles. The number of aliphatic carboxylic acids is 1. The molecule has 1 aliphatic heterocycles. The monoisotopic (exact) mass is 354 g/mol. The Morgan fingerprint density at radius 3 is 2.21 bits per heavy atom. The third-order valence-electron chi connectivity index (χ3n) is 3.21. The topological polar surface area (TPSA) is 238 Å². The summed E-state index contributed by atoms with van der Waals surface area (Å²) in [6, 6.07) is -0.820. The van der Waals surface area contributed by atoms with Crippen molar-refractivity contribution in [3.8, 4) is 0 Å². The molecule has 12 nitrogen and oxygen atoms in total. The van der Waals surface area contributed by atoms with E-state index >= 15 is 0 Å². The average molecular weight is 354 g/mol. The third kappa shape index (κ3) is 6.92. The van der Waals surface area contributed by atoms with Crippen LogP contribution in [0, 0.1) is 0 Å². The van der Waals surface area contributed by atoms with E-state index in [0.717, 1.165) is 0 Å². The third-order valence-corrected chi connectivity index (χ3v) is 3.21. The Hall–Kier alpha value is -1.54. The van der Waals surface area contributed by atoms with Crippen molar-refractivity contribution in [1.29, 1.82) is 0 Å². The first-order chi connectivity index (χ1) is 11.1. The van der Waals surface area contributed by atoms with Gasteiger partial charge < -0.3 is 52.6 Å². The van der Waals surface area contributed by atoms with Crippen LogP contribution < -0.4 is 17.2 Å². The molecular weight excluding hydrogens is 328 g/mol. The van der Waals surface area contributed by atoms with Crippen LogP contribution in [-0.2, 0) is 9.53 Å². The van der Waals surface area contributed by atoms with Crippen LogP contribution >= 0.6 is 0 Å². The van der Waals surface area contributed by atoms with Crippen molar-refractivity contribution < 1.29 is 40.2 Å². The summed E-state index contributed by atoms with van der Waals surface area (Å²) in [4.78, 5) is 13.9. The number of carbonyl (C=O) groups is 1. The quantitative estimate of drug-likeness (QED) is 0.119. The van der Waals surface area contributed by atoms with Crippen LogP contribution in [0.4, 0.5) is 0 Å². The second-order valence-corrected chi connectivity index (χ2v) is 5.17. The van der Waals surface area contributed by atoms with Gasteiger partial charge in [-0.1, -0.05) is 0 Å². The van der Waals surface area contributed by atoms with Gasteiger partial charge in [-0.25, -0.2) is 0 Å². The van der Waals surface area contributed by atoms with Crippen molar-refractivity contribution >= 4 is 11.9 Å². The highest BCUT2D eigenvalue weighted by Gasteiger charge is 2.52. The Kier molecular flexibility index (Phi) is 9.69. The summed E-state index contributed by atoms with van der Waals surface area (Å²) in [5.74, 6) is -3.15. The Morgan fingerprint density at radius 1 is 1.29 bits per heavy atom. The predicted octanol–water partition coefficient (Wildman–Crippen LogP) is -4.77. The molecule has 0 bridgehead atoms. The maximum Gasteiger partial charge on any atom is 0.320 e. The molecule has 0 aromatic rings. The fourth-order valence-corrected chi connectivity index (χ4v) is 1.79. The van der Waals surface area contributed by atoms with E-state index in [1.807, 2.05) is 0 Å². The molecule has 1 rings (SSSR count). The van der Waals surface area contributed by atoms with E-state index in [4.69, 9.17) is 42.7 Å². The summed E-state index contributed by atoms with van der Waals surface area (Å²) in [7, 11) is 0. The minimum Gasteiger partial charge on any atom is -0.480 e. The zero-order valence-electron chi connectivity index (χ0n) is 13.0. The highest BCUT2D eigenvalue weighted by Crippen LogP contribution is 2.28. The smallest absolute Gasteiger partial charge is 0.320 e. The van der Waals surface area contributed by atoms with Crippen molar-refractivity contribution in [3.63, 3.8) is 0 Å². The molecule has 1 fully saturated rings. The highest BCUT2D eigenvalue weighted by atomic mass is 16.7. The molecule has 0 spiro atoms. The number of aliphatic hydroxyl groups is 5. The second kappa shape index (κ2) is 10.4. The van der Waals surface area contributed by atoms with E-state index in [2.05, 4.69) is 9.73 Å². The summed E-state index contributed by atoms with van der Waals surface area (Å²) in [6.07, 6.45) is -3.08. The van der Waals surface area contributed by atoms with Gasteiger partial charge in [0.15, 0.2) is 5.96 Å². The zero-order chi connectivity index (χ0) is 18.9. The summed E-state index contributed by atoms with van der Waals surface area (Å²) >= 11 is 0. The van der Waals surface area contributed by atoms with Crippen LogP contribution in [0.5, 0.6) is 0 Å². The molecule has 0 aromatic heterocycles. The first kappa shape index (κ1) is 22.5. The van der Waals surface area contributed by atoms with Crippen LogP contribution in [0.1, 0.15) is 12.8 Å². The van der Waals surface area contributed by atoms with Gasteiger partial charge in [-0.2, -0.15) is 0 Å². The number of guanidine groups is 1. The van der Waals surface area contributed by atoms with E-state index < -0.39 is 49.3 Å². The van der Waals surface area contributed by atoms with E-state index in [-0.39, 0.29) is 5.96 Å². The fraction of sp³-hybridized carbons (Fsp3) is 0.833. The lowest BCUT2D eigenvalue weighted by molar-refractivity contribution is -0.248. The van der Waals surface area contributed by atoms with Crippen LogP contribution in [0.2, 0.25) is 0 Å². The van der Waals surface area contributed by atoms with Crippen molar-refractivity contribution in [2.24, 2.45) is 22.2 Å². The van der Waals surface area contributed by atoms with Gasteiger partial charge in [0.1, 0.15) is 24.4 Å². The van der Waals surface area contributed by atoms with Crippen molar-refractivity contribution in [2.75, 3.05) is 19.8 Å². The molecule has 0 unspecified atom stereocenters. The normalized spacial score (nSPS) is 30.2. The van der Waals surface area contributed by atoms with Crippen molar-refractivity contribution in [3.05, 3.63) is 0 Å². The molecule has 0 aliphatic carbocycles. The summed E-state index contributed by atoms with van der Waals surface area (Å²) in [5, 5.41) is 53.1. The number of ether oxygens (including phenoxy) is 1. The first-order valence-electron chi connectivity index (χ1n) is 7.10. The van der Waals surface area contributed by atoms with E-state index in [1.54, 1.807) is 0 Å². The molecule has 1 heterocycles. The maximum atomic E-state index is 10.2. The minimum atomic E-state index is -2.16. The second-order valence-electron chi connectivity index (χ2n) is 5.17. The SMILES string of the molecule is NC(N)=NCCC[C@H](N)C(=O)O.OC[C@H]1O[C@@](O)(CO)[C@@H](O)[C@@H]1O. The van der Waals surface area contributed by atoms with Gasteiger partial charge in [0.25, 0.3) is 0 Å². The number of carboxylic acid groups (broad SMARTS) is 1. The van der Waals surface area contributed by atoms with E-state index in [9.17, 15) is 9.90 Å². The number of rotatable bonds is 7. The van der Waals surface area contributed by atoms with Crippen molar-refractivity contribution in [1.82, 2.24) is 0 Å². The number of nitrogens with zero attached hydrogens (tertiary/aromatic N) is 1. The molecule has 5 atom stereocenters. The van der Waals surface area contributed by atoms with Crippen LogP contribution in [0.3, 0.4) is 0 Å². The predicted molar refractivity (Wildman–Crippen MR) is 81.5 cm³/mol. The molecule has 0 aromatic carbocycles. The summed E-state index contributed by atoms with van der Waals surface area (Å²) in [5.41, 5.74) is 15.3. The Bertz CT molecular complexity index is 420. The molecule has 1 aliphatic rings. The zero-order valence-corrected chi connectivity index (χ0v) is 13.0. The minimum absolute atomic E-state index is 0.0129. The van der Waals surface area contributed by atoms with E-state index in [1.165, 1.54) is 0 Å². The number of aliphatic imine (C=N–C) groups is 1. The van der Waals surface area contributed by atoms with Gasteiger partial charge in [-0.05, 0) is 12.8 Å². The van der Waals surface area contributed by atoms with E-state index in [0.29, 0.717) is 19.4 Å². The maximum absolute atomic E-state index is 10.2. The van der Waals surface area contributed by atoms with Gasteiger partial charge >= 0.3 is 5.97 Å². The lowest BCUT2D eigenvalue weighted by Gasteiger charge is -2.22. The average Bonchev–Trinajstić information content (AvgIpc) is 2.76. The van der Waals surface area contributed by atoms with Gasteiger partial charge in [0, 0.05) is 6.54 Å². The fourth-order valence-electron chi connectivity index (χ4n) is 1.79. The van der Waals surface area contributed by atoms with Gasteiger partial charge in [-0.15, -0.1) is 0 Å². The standard InChI is InChI=1S/C6H14N4O2.C6H12O6/c7-4(5(11)12)2-1-3-10-6(8)9;7-1-3-4(9)5(10)6(11,2-8)12-3/h4H,1-3,7H2,(H,11,12)(H4,8,9,10);3-5,7-11H,1-2H2/t4-;3-,4-,5+,6+/m01/s1. The van der Waals surface area contributed by atoms with Gasteiger partial charge in [-0.3, -0.25) is 9.79 Å². The number of aliphatic hydroxyl groups excluding tert-OH is 4. The molecule has 142 valence electrons. The molecule has 0 amide bonds. The molecule has 12 N–H and O–H groups in total. The number of hydrogen-bond acceptors (Lipinski definition) is 9. The number of hydrogen-bond donors (Lipinski definition) is 9. The molecular formula is C12H26N4O8. The highest BCUT2D eigenvalue weighted by molar-refractivity contribution is 5.75. The summed E-state index contributed by atoms with van der Waals surface area (Å²) < 4.78 is 4.63.